The number of rotatable bonds is 6. The third-order valence-electron chi connectivity index (χ3n) is 4.39. The quantitative estimate of drug-likeness (QED) is 0.564. The number of nitrogens with zero attached hydrogens (tertiary/aromatic N) is 3. The molecule has 0 saturated heterocycles. The second-order valence-corrected chi connectivity index (χ2v) is 6.72. The first-order chi connectivity index (χ1) is 15.1. The minimum absolute atomic E-state index is 0.0130. The van der Waals surface area contributed by atoms with Crippen LogP contribution in [-0.4, -0.2) is 39.7 Å². The van der Waals surface area contributed by atoms with E-state index in [1.165, 1.54) is 32.0 Å². The molecule has 0 aliphatic carbocycles. The zero-order valence-corrected chi connectivity index (χ0v) is 16.7. The highest BCUT2D eigenvalue weighted by molar-refractivity contribution is 6.02. The van der Waals surface area contributed by atoms with Crippen LogP contribution in [0.2, 0.25) is 0 Å². The Morgan fingerprint density at radius 3 is 2.28 bits per heavy atom. The Morgan fingerprint density at radius 2 is 1.69 bits per heavy atom. The number of ketones is 2. The molecule has 2 aromatic carbocycles. The van der Waals surface area contributed by atoms with Gasteiger partial charge >= 0.3 is 6.36 Å². The lowest BCUT2D eigenvalue weighted by Crippen LogP contribution is -2.17. The van der Waals surface area contributed by atoms with E-state index in [1.54, 1.807) is 6.07 Å². The van der Waals surface area contributed by atoms with Gasteiger partial charge in [-0.15, -0.1) is 28.2 Å². The van der Waals surface area contributed by atoms with E-state index in [-0.39, 0.29) is 35.3 Å². The molecule has 12 heteroatoms. The molecule has 9 nitrogen and oxygen atoms in total. The van der Waals surface area contributed by atoms with Crippen LogP contribution in [-0.2, 0) is 0 Å². The molecule has 0 amide bonds. The largest absolute Gasteiger partial charge is 0.573 e. The number of Topliss-reactive ketones (excluding diaryl/α,β-unsaturated/α-hetero) is 2. The van der Waals surface area contributed by atoms with Crippen LogP contribution >= 0.6 is 0 Å². The van der Waals surface area contributed by atoms with Crippen LogP contribution in [0.5, 0.6) is 17.2 Å². The lowest BCUT2D eigenvalue weighted by molar-refractivity contribution is -0.274. The highest BCUT2D eigenvalue weighted by atomic mass is 19.4. The summed E-state index contributed by atoms with van der Waals surface area (Å²) in [5, 5.41) is 11.3. The molecule has 0 bridgehead atoms. The third-order valence-corrected chi connectivity index (χ3v) is 4.39. The van der Waals surface area contributed by atoms with Crippen molar-refractivity contribution in [1.29, 1.82) is 0 Å². The number of anilines is 2. The Bertz CT molecular complexity index is 1210. The van der Waals surface area contributed by atoms with E-state index in [0.29, 0.717) is 17.2 Å². The van der Waals surface area contributed by atoms with Gasteiger partial charge < -0.3 is 19.5 Å². The molecule has 4 rings (SSSR count). The van der Waals surface area contributed by atoms with Crippen LogP contribution in [0.1, 0.15) is 34.7 Å². The number of aromatic nitrogens is 3. The first-order valence-corrected chi connectivity index (χ1v) is 9.17. The first-order valence-electron chi connectivity index (χ1n) is 9.17. The van der Waals surface area contributed by atoms with Gasteiger partial charge in [-0.1, -0.05) is 0 Å². The van der Waals surface area contributed by atoms with Crippen molar-refractivity contribution in [1.82, 2.24) is 15.0 Å². The number of halogens is 3. The Balaban J connectivity index is 1.68. The maximum atomic E-state index is 12.4. The standard InChI is InChI=1S/C20H15F3N4O5/c1-10(28)14-7-16-17(31-9-30-16)8-15(14)24-19-18(11(2)29)25-27(26-19)12-3-5-13(6-4-12)32-20(21,22)23/h3-8H,9H2,1-2H3,(H,24,26). The van der Waals surface area contributed by atoms with Gasteiger partial charge in [0.05, 0.1) is 11.4 Å². The molecule has 2 heterocycles. The summed E-state index contributed by atoms with van der Waals surface area (Å²) in [6, 6.07) is 7.86. The lowest BCUT2D eigenvalue weighted by Gasteiger charge is -2.10. The molecule has 1 aliphatic rings. The van der Waals surface area contributed by atoms with Crippen LogP contribution < -0.4 is 19.5 Å². The highest BCUT2D eigenvalue weighted by Crippen LogP contribution is 2.38. The van der Waals surface area contributed by atoms with Gasteiger partial charge in [0.25, 0.3) is 0 Å². The molecule has 0 spiro atoms. The van der Waals surface area contributed by atoms with Gasteiger partial charge in [-0.3, -0.25) is 9.59 Å². The summed E-state index contributed by atoms with van der Waals surface area (Å²) in [7, 11) is 0. The van der Waals surface area contributed by atoms with Crippen molar-refractivity contribution < 1.29 is 37.0 Å². The highest BCUT2D eigenvalue weighted by Gasteiger charge is 2.31. The predicted molar refractivity (Wildman–Crippen MR) is 104 cm³/mol. The fourth-order valence-corrected chi connectivity index (χ4v) is 2.99. The molecule has 1 aliphatic heterocycles. The van der Waals surface area contributed by atoms with Gasteiger partial charge in [-0.2, -0.15) is 0 Å². The van der Waals surface area contributed by atoms with Crippen LogP contribution in [0, 0.1) is 0 Å². The maximum Gasteiger partial charge on any atom is 0.573 e. The SMILES string of the molecule is CC(=O)c1cc2c(cc1Nc1nn(-c3ccc(OC(F)(F)F)cc3)nc1C(C)=O)OCO2. The smallest absolute Gasteiger partial charge is 0.454 e. The number of alkyl halides is 3. The average Bonchev–Trinajstić information content (AvgIpc) is 3.33. The van der Waals surface area contributed by atoms with Crippen LogP contribution in [0.15, 0.2) is 36.4 Å². The molecule has 0 saturated carbocycles. The number of carbonyl (C=O) groups is 2. The zero-order chi connectivity index (χ0) is 23.0. The summed E-state index contributed by atoms with van der Waals surface area (Å²) in [5.74, 6) is -0.213. The number of fused-ring (bicyclic) bond motifs is 1. The van der Waals surface area contributed by atoms with Gasteiger partial charge in [0, 0.05) is 18.6 Å². The predicted octanol–water partition coefficient (Wildman–Crippen LogP) is 4.04. The van der Waals surface area contributed by atoms with Gasteiger partial charge in [0.15, 0.2) is 34.6 Å². The van der Waals surface area contributed by atoms with Crippen molar-refractivity contribution in [2.24, 2.45) is 0 Å². The molecular weight excluding hydrogens is 433 g/mol. The summed E-state index contributed by atoms with van der Waals surface area (Å²) >= 11 is 0. The normalized spacial score (nSPS) is 12.5. The molecule has 1 N–H and O–H groups in total. The fraction of sp³-hybridized carbons (Fsp3) is 0.200. The molecule has 0 unspecified atom stereocenters. The van der Waals surface area contributed by atoms with Crippen molar-refractivity contribution >= 4 is 23.1 Å². The zero-order valence-electron chi connectivity index (χ0n) is 16.7. The van der Waals surface area contributed by atoms with E-state index in [4.69, 9.17) is 9.47 Å². The molecule has 0 radical (unpaired) electrons. The van der Waals surface area contributed by atoms with E-state index in [0.717, 1.165) is 16.9 Å². The number of nitrogens with one attached hydrogen (secondary N) is 1. The average molecular weight is 448 g/mol. The minimum Gasteiger partial charge on any atom is -0.454 e. The van der Waals surface area contributed by atoms with Crippen molar-refractivity contribution in [2.45, 2.75) is 20.2 Å². The summed E-state index contributed by atoms with van der Waals surface area (Å²) in [6.45, 7) is 2.67. The summed E-state index contributed by atoms with van der Waals surface area (Å²) in [4.78, 5) is 25.3. The Kier molecular flexibility index (Phi) is 5.20. The first kappa shape index (κ1) is 21.2. The van der Waals surface area contributed by atoms with E-state index in [1.807, 2.05) is 0 Å². The number of hydrogen-bond acceptors (Lipinski definition) is 8. The fourth-order valence-electron chi connectivity index (χ4n) is 2.99. The summed E-state index contributed by atoms with van der Waals surface area (Å²) in [6.07, 6.45) is -4.82. The van der Waals surface area contributed by atoms with Crippen LogP contribution in [0.3, 0.4) is 0 Å². The Hall–Kier alpha value is -4.09. The van der Waals surface area contributed by atoms with Gasteiger partial charge in [-0.25, -0.2) is 0 Å². The lowest BCUT2D eigenvalue weighted by atomic mass is 10.1. The molecule has 0 fully saturated rings. The number of carbonyl (C=O) groups excluding carboxylic acids is 2. The monoisotopic (exact) mass is 448 g/mol. The van der Waals surface area contributed by atoms with Gasteiger partial charge in [0.1, 0.15) is 5.75 Å². The van der Waals surface area contributed by atoms with Crippen molar-refractivity contribution in [3.05, 3.63) is 47.7 Å². The summed E-state index contributed by atoms with van der Waals surface area (Å²) in [5.41, 5.74) is 0.859. The molecule has 32 heavy (non-hydrogen) atoms. The molecule has 0 atom stereocenters. The van der Waals surface area contributed by atoms with E-state index >= 15 is 0 Å². The Morgan fingerprint density at radius 1 is 1.03 bits per heavy atom. The number of ether oxygens (including phenoxy) is 3. The minimum atomic E-state index is -4.82. The molecular formula is C20H15F3N4O5. The maximum absolute atomic E-state index is 12.4. The van der Waals surface area contributed by atoms with E-state index in [9.17, 15) is 22.8 Å². The summed E-state index contributed by atoms with van der Waals surface area (Å²) < 4.78 is 51.5. The van der Waals surface area contributed by atoms with Gasteiger partial charge in [-0.05, 0) is 37.3 Å². The topological polar surface area (TPSA) is 105 Å². The van der Waals surface area contributed by atoms with E-state index in [2.05, 4.69) is 20.3 Å². The van der Waals surface area contributed by atoms with Crippen LogP contribution in [0.4, 0.5) is 24.7 Å². The number of hydrogen-bond donors (Lipinski definition) is 1. The van der Waals surface area contributed by atoms with Crippen molar-refractivity contribution in [2.75, 3.05) is 12.1 Å². The Labute approximate surface area is 178 Å². The van der Waals surface area contributed by atoms with E-state index < -0.39 is 17.9 Å². The van der Waals surface area contributed by atoms with Crippen molar-refractivity contribution in [3.8, 4) is 22.9 Å². The van der Waals surface area contributed by atoms with Crippen molar-refractivity contribution in [3.63, 3.8) is 0 Å². The second-order valence-electron chi connectivity index (χ2n) is 6.72. The second kappa shape index (κ2) is 7.87. The molecule has 166 valence electrons. The molecule has 1 aromatic heterocycles. The van der Waals surface area contributed by atoms with Crippen LogP contribution in [0.25, 0.3) is 5.69 Å². The molecule has 3 aromatic rings. The number of benzene rings is 2. The van der Waals surface area contributed by atoms with Gasteiger partial charge in [0.2, 0.25) is 6.79 Å². The third kappa shape index (κ3) is 4.33.